The summed E-state index contributed by atoms with van der Waals surface area (Å²) < 4.78 is 110. The van der Waals surface area contributed by atoms with Crippen LogP contribution in [0.25, 0.3) is 0 Å². The number of nitrogens with two attached hydrogens (primary N) is 1. The maximum atomic E-state index is 12.5. The van der Waals surface area contributed by atoms with Crippen LogP contribution in [-0.2, 0) is 122 Å². The van der Waals surface area contributed by atoms with Crippen LogP contribution in [0.2, 0.25) is 0 Å². The molecule has 2 aromatic carbocycles. The minimum absolute atomic E-state index is 0.0165. The largest absolute Gasteiger partial charge is 0.491 e. The molecule has 0 radical (unpaired) electrons. The van der Waals surface area contributed by atoms with Gasteiger partial charge in [-0.2, -0.15) is 0 Å². The number of carbonyl (C=O) groups is 7. The third kappa shape index (κ3) is 55.5. The summed E-state index contributed by atoms with van der Waals surface area (Å²) in [5, 5.41) is 2.80. The molecule has 1 aliphatic heterocycles. The van der Waals surface area contributed by atoms with Gasteiger partial charge in [0.15, 0.2) is 0 Å². The van der Waals surface area contributed by atoms with Gasteiger partial charge in [0.1, 0.15) is 71.8 Å². The fourth-order valence-corrected chi connectivity index (χ4v) is 8.20. The molecule has 3 N–H and O–H groups in total. The highest BCUT2D eigenvalue weighted by Crippen LogP contribution is 2.25. The number of carbonyl (C=O) groups excluding carboxylic acids is 7. The van der Waals surface area contributed by atoms with Crippen LogP contribution in [0, 0.1) is 0 Å². The third-order valence-electron chi connectivity index (χ3n) is 12.5. The zero-order valence-electron chi connectivity index (χ0n) is 63.1. The van der Waals surface area contributed by atoms with Crippen molar-refractivity contribution in [2.45, 2.75) is 151 Å². The first-order valence-corrected chi connectivity index (χ1v) is 35.1. The fourth-order valence-electron chi connectivity index (χ4n) is 8.20. The second kappa shape index (κ2) is 54.9. The number of esters is 4. The molecule has 3 amide bonds. The van der Waals surface area contributed by atoms with Crippen LogP contribution >= 0.6 is 0 Å². The van der Waals surface area contributed by atoms with E-state index in [1.165, 1.54) is 12.2 Å². The number of amides is 3. The number of ether oxygens (including phenoxy) is 20. The molecular formula is C73H119N3O27. The summed E-state index contributed by atoms with van der Waals surface area (Å²) in [5.41, 5.74) is 5.41. The van der Waals surface area contributed by atoms with Gasteiger partial charge < -0.3 is 106 Å². The fraction of sp³-hybridized carbons (Fsp3) is 0.712. The minimum atomic E-state index is -0.520. The van der Waals surface area contributed by atoms with E-state index in [9.17, 15) is 33.6 Å². The summed E-state index contributed by atoms with van der Waals surface area (Å²) in [7, 11) is 0. The van der Waals surface area contributed by atoms with Gasteiger partial charge in [0.25, 0.3) is 11.8 Å². The van der Waals surface area contributed by atoms with Gasteiger partial charge in [0.2, 0.25) is 5.91 Å². The maximum Gasteiger partial charge on any atom is 0.308 e. The van der Waals surface area contributed by atoms with E-state index >= 15 is 0 Å². The van der Waals surface area contributed by atoms with Crippen molar-refractivity contribution in [3.8, 4) is 23.0 Å². The Labute approximate surface area is 608 Å². The first-order chi connectivity index (χ1) is 49.0. The predicted molar refractivity (Wildman–Crippen MR) is 377 cm³/mol. The van der Waals surface area contributed by atoms with E-state index in [0.29, 0.717) is 194 Å². The van der Waals surface area contributed by atoms with E-state index in [0.717, 1.165) is 10.5 Å². The van der Waals surface area contributed by atoms with Crippen LogP contribution in [0.5, 0.6) is 23.0 Å². The molecule has 2 aromatic rings. The molecule has 0 spiro atoms. The zero-order valence-corrected chi connectivity index (χ0v) is 63.1. The molecule has 0 aromatic heterocycles. The molecule has 103 heavy (non-hydrogen) atoms. The molecule has 30 nitrogen and oxygen atoms in total. The SMILES string of the molecule is CC(C)(C)OC(=O)CCOCCOCCOCCOc1cc(CN)cc(OCCOCCOCCOCCC(=O)OC(C)(C)C)c1.CC(C)(C)OC(=O)CCOCCOCCOCCOc1cc(CNC(=O)CCN2C(=O)C=CC2=O)cc(OCCOCCOCCOCCC(=O)OC(C)(C)C)c1. The van der Waals surface area contributed by atoms with Gasteiger partial charge in [-0.25, -0.2) is 0 Å². The number of nitrogens with zero attached hydrogens (tertiary/aromatic N) is 1. The van der Waals surface area contributed by atoms with Crippen molar-refractivity contribution in [3.05, 3.63) is 59.7 Å². The van der Waals surface area contributed by atoms with Crippen molar-refractivity contribution in [1.29, 1.82) is 0 Å². The lowest BCUT2D eigenvalue weighted by atomic mass is 10.2. The van der Waals surface area contributed by atoms with Gasteiger partial charge in [-0.05, 0) is 118 Å². The van der Waals surface area contributed by atoms with E-state index in [2.05, 4.69) is 5.32 Å². The van der Waals surface area contributed by atoms with Crippen molar-refractivity contribution in [1.82, 2.24) is 10.2 Å². The number of imide groups is 1. The third-order valence-corrected chi connectivity index (χ3v) is 12.5. The Morgan fingerprint density at radius 3 is 0.777 bits per heavy atom. The molecule has 3 rings (SSSR count). The van der Waals surface area contributed by atoms with Gasteiger partial charge in [-0.1, -0.05) is 0 Å². The first-order valence-electron chi connectivity index (χ1n) is 35.1. The molecule has 0 bridgehead atoms. The van der Waals surface area contributed by atoms with Crippen LogP contribution in [-0.4, -0.2) is 260 Å². The minimum Gasteiger partial charge on any atom is -0.491 e. The number of benzene rings is 2. The van der Waals surface area contributed by atoms with Crippen molar-refractivity contribution in [2.75, 3.05) is 192 Å². The maximum absolute atomic E-state index is 12.5. The summed E-state index contributed by atoms with van der Waals surface area (Å²) in [6.45, 7) is 32.2. The van der Waals surface area contributed by atoms with Crippen molar-refractivity contribution < 1.29 is 128 Å². The summed E-state index contributed by atoms with van der Waals surface area (Å²) in [6.07, 6.45) is 3.11. The van der Waals surface area contributed by atoms with Crippen molar-refractivity contribution in [3.63, 3.8) is 0 Å². The lowest BCUT2D eigenvalue weighted by Crippen LogP contribution is -2.34. The van der Waals surface area contributed by atoms with Gasteiger partial charge in [0, 0.05) is 50.3 Å². The average molecular weight is 1470 g/mol. The molecule has 0 unspecified atom stereocenters. The van der Waals surface area contributed by atoms with Crippen LogP contribution in [0.15, 0.2) is 48.6 Å². The molecule has 0 aliphatic carbocycles. The average Bonchev–Trinajstić information content (AvgIpc) is 1.71. The smallest absolute Gasteiger partial charge is 0.308 e. The summed E-state index contributed by atoms with van der Waals surface area (Å²) in [6, 6.07) is 10.8. The van der Waals surface area contributed by atoms with Gasteiger partial charge >= 0.3 is 23.9 Å². The highest BCUT2D eigenvalue weighted by Gasteiger charge is 2.24. The Kier molecular flexibility index (Phi) is 49.3. The van der Waals surface area contributed by atoms with E-state index in [1.807, 2.05) is 95.2 Å². The first kappa shape index (κ1) is 92.4. The van der Waals surface area contributed by atoms with Crippen LogP contribution in [0.4, 0.5) is 0 Å². The molecule has 0 saturated heterocycles. The Balaban J connectivity index is 0.000000717. The number of hydrogen-bond acceptors (Lipinski definition) is 28. The molecule has 30 heteroatoms. The lowest BCUT2D eigenvalue weighted by Gasteiger charge is -2.19. The van der Waals surface area contributed by atoms with Gasteiger partial charge in [-0.15, -0.1) is 0 Å². The van der Waals surface area contributed by atoms with E-state index in [4.69, 9.17) is 100 Å². The second-order valence-corrected chi connectivity index (χ2v) is 26.6. The Bertz CT molecular complexity index is 2550. The van der Waals surface area contributed by atoms with Crippen molar-refractivity contribution in [2.24, 2.45) is 5.73 Å². The van der Waals surface area contributed by atoms with Crippen LogP contribution in [0.1, 0.15) is 126 Å². The molecule has 1 aliphatic rings. The normalized spacial score (nSPS) is 12.4. The monoisotopic (exact) mass is 1470 g/mol. The Hall–Kier alpha value is -6.65. The summed E-state index contributed by atoms with van der Waals surface area (Å²) in [4.78, 5) is 83.7. The number of rotatable bonds is 58. The van der Waals surface area contributed by atoms with E-state index in [1.54, 1.807) is 24.3 Å². The Morgan fingerprint density at radius 2 is 0.544 bits per heavy atom. The van der Waals surface area contributed by atoms with Crippen molar-refractivity contribution >= 4 is 41.6 Å². The Morgan fingerprint density at radius 1 is 0.320 bits per heavy atom. The van der Waals surface area contributed by atoms with Gasteiger partial charge in [-0.3, -0.25) is 38.5 Å². The van der Waals surface area contributed by atoms with Crippen LogP contribution < -0.4 is 30.0 Å². The number of hydrogen-bond donors (Lipinski definition) is 2. The predicted octanol–water partition coefficient (Wildman–Crippen LogP) is 6.40. The number of nitrogens with one attached hydrogen (secondary N) is 1. The molecule has 0 saturated carbocycles. The van der Waals surface area contributed by atoms with E-state index < -0.39 is 34.2 Å². The summed E-state index contributed by atoms with van der Waals surface area (Å²) in [5.74, 6) is -0.0894. The van der Waals surface area contributed by atoms with E-state index in [-0.39, 0.29) is 101 Å². The molecular weight excluding hydrogens is 1350 g/mol. The standard InChI is InChI=1S/C40H62N2O15.C33H57NO12/c1-39(2,3)56-37(46)10-13-48-15-17-50-19-21-52-23-25-54-32-27-31(30-41-34(43)9-12-42-35(44)7-8-36(42)45)28-33(29-32)55-26-24-53-22-20-51-18-16-49-14-11-38(47)57-40(4,5)6;1-32(2,3)45-30(35)7-9-37-11-13-39-15-17-41-19-21-43-28-23-27(26-34)24-29(25-28)44-22-20-42-18-16-40-14-12-38-10-8-31(36)46-33(4,5)6/h7-8,27-29H,9-26,30H2,1-6H3,(H,41,43);23-25H,7-22,26,34H2,1-6H3. The molecule has 1 heterocycles. The molecule has 0 atom stereocenters. The topological polar surface area (TPSA) is 345 Å². The lowest BCUT2D eigenvalue weighted by molar-refractivity contribution is -0.157. The van der Waals surface area contributed by atoms with Crippen LogP contribution in [0.3, 0.4) is 0 Å². The highest BCUT2D eigenvalue weighted by molar-refractivity contribution is 6.13. The molecule has 0 fully saturated rings. The van der Waals surface area contributed by atoms with Gasteiger partial charge in [0.05, 0.1) is 184 Å². The highest BCUT2D eigenvalue weighted by atomic mass is 16.6. The second-order valence-electron chi connectivity index (χ2n) is 26.6. The quantitative estimate of drug-likeness (QED) is 0.0313. The zero-order chi connectivity index (χ0) is 76.0. The summed E-state index contributed by atoms with van der Waals surface area (Å²) >= 11 is 0. The molecule has 588 valence electrons.